The summed E-state index contributed by atoms with van der Waals surface area (Å²) in [6.07, 6.45) is -5.38. The molecule has 0 saturated carbocycles. The molecule has 0 aliphatic rings. The number of halogens is 5. The first-order chi connectivity index (χ1) is 7.73. The normalized spacial score (nSPS) is 10.6. The third-order valence-electron chi connectivity index (χ3n) is 1.24. The van der Waals surface area contributed by atoms with Crippen LogP contribution < -0.4 is 5.43 Å². The molecule has 0 atom stereocenters. The van der Waals surface area contributed by atoms with E-state index in [1.165, 1.54) is 0 Å². The number of nitrogens with one attached hydrogen (secondary N) is 1. The van der Waals surface area contributed by atoms with Crippen molar-refractivity contribution in [2.75, 3.05) is 12.4 Å². The van der Waals surface area contributed by atoms with E-state index in [4.69, 9.17) is 11.6 Å². The highest BCUT2D eigenvalue weighted by Crippen LogP contribution is 2.14. The summed E-state index contributed by atoms with van der Waals surface area (Å²) in [6, 6.07) is -1.90. The zero-order valence-corrected chi connectivity index (χ0v) is 8.63. The number of amides is 3. The first kappa shape index (κ1) is 15.3. The number of nitrogens with zero attached hydrogens (tertiary/aromatic N) is 3. The van der Waals surface area contributed by atoms with Gasteiger partial charge in [-0.1, -0.05) is 9.71 Å². The van der Waals surface area contributed by atoms with E-state index in [-0.39, 0.29) is 10.9 Å². The summed E-state index contributed by atoms with van der Waals surface area (Å²) in [5, 5.41) is 0.580. The standard InChI is InChI=1S/C5H5ClF4N4O3/c6-1-2-13(12-17)4(16)14(10)11-3(15)5(7,8)9/h1-2H2,(H,11,15). The summed E-state index contributed by atoms with van der Waals surface area (Å²) < 4.78 is 47.7. The molecule has 7 nitrogen and oxygen atoms in total. The molecule has 1 N–H and O–H groups in total. The van der Waals surface area contributed by atoms with Crippen LogP contribution in [0.3, 0.4) is 0 Å². The number of urea groups is 1. The Balaban J connectivity index is 4.50. The molecule has 0 saturated heterocycles. The van der Waals surface area contributed by atoms with Gasteiger partial charge in [0.2, 0.25) is 0 Å². The second-order valence-corrected chi connectivity index (χ2v) is 2.77. The molecule has 12 heteroatoms. The van der Waals surface area contributed by atoms with E-state index < -0.39 is 29.9 Å². The van der Waals surface area contributed by atoms with Crippen molar-refractivity contribution in [2.45, 2.75) is 6.18 Å². The van der Waals surface area contributed by atoms with Gasteiger partial charge in [-0.05, 0) is 0 Å². The van der Waals surface area contributed by atoms with Gasteiger partial charge in [0.15, 0.2) is 0 Å². The first-order valence-electron chi connectivity index (χ1n) is 3.78. The molecular formula is C5H5ClF4N4O3. The number of hydrogen-bond donors (Lipinski definition) is 1. The van der Waals surface area contributed by atoms with Gasteiger partial charge in [-0.25, -0.2) is 10.2 Å². The van der Waals surface area contributed by atoms with Crippen LogP contribution in [0, 0.1) is 4.91 Å². The van der Waals surface area contributed by atoms with Crippen molar-refractivity contribution in [1.29, 1.82) is 0 Å². The molecule has 0 rings (SSSR count). The fraction of sp³-hybridized carbons (Fsp3) is 0.600. The minimum absolute atomic E-state index is 0.107. The number of alkyl halides is 4. The zero-order chi connectivity index (χ0) is 13.6. The van der Waals surface area contributed by atoms with Crippen molar-refractivity contribution < 1.29 is 27.2 Å². The van der Waals surface area contributed by atoms with Gasteiger partial charge in [0.1, 0.15) is 0 Å². The summed E-state index contributed by atoms with van der Waals surface area (Å²) >= 11 is 5.10. The van der Waals surface area contributed by atoms with Crippen LogP contribution in [0.2, 0.25) is 0 Å². The highest BCUT2D eigenvalue weighted by atomic mass is 35.5. The monoisotopic (exact) mass is 280 g/mol. The van der Waals surface area contributed by atoms with E-state index >= 15 is 0 Å². The smallest absolute Gasteiger partial charge is 0.263 e. The predicted octanol–water partition coefficient (Wildman–Crippen LogP) is 1.11. The molecule has 0 bridgehead atoms. The Morgan fingerprint density at radius 2 is 1.88 bits per heavy atom. The molecule has 3 amide bonds. The maximum atomic E-state index is 12.7. The minimum atomic E-state index is -5.38. The van der Waals surface area contributed by atoms with Crippen LogP contribution in [0.25, 0.3) is 0 Å². The van der Waals surface area contributed by atoms with Crippen molar-refractivity contribution in [2.24, 2.45) is 5.29 Å². The fourth-order valence-corrected chi connectivity index (χ4v) is 0.713. The number of hydrazine groups is 1. The Labute approximate surface area is 96.1 Å². The summed E-state index contributed by atoms with van der Waals surface area (Å²) in [7, 11) is 0. The van der Waals surface area contributed by atoms with Crippen LogP contribution in [0.4, 0.5) is 22.4 Å². The lowest BCUT2D eigenvalue weighted by Crippen LogP contribution is -2.50. The van der Waals surface area contributed by atoms with E-state index in [1.807, 2.05) is 5.29 Å². The predicted molar refractivity (Wildman–Crippen MR) is 45.8 cm³/mol. The molecule has 0 fully saturated rings. The second-order valence-electron chi connectivity index (χ2n) is 2.40. The van der Waals surface area contributed by atoms with Gasteiger partial charge >= 0.3 is 18.1 Å². The van der Waals surface area contributed by atoms with Crippen LogP contribution in [0.5, 0.6) is 0 Å². The first-order valence-corrected chi connectivity index (χ1v) is 4.32. The van der Waals surface area contributed by atoms with Crippen LogP contribution in [-0.2, 0) is 4.79 Å². The van der Waals surface area contributed by atoms with Gasteiger partial charge in [0.25, 0.3) is 0 Å². The van der Waals surface area contributed by atoms with Gasteiger partial charge in [-0.3, -0.25) is 4.79 Å². The molecule has 0 aromatic heterocycles. The number of nitroso groups, excluding NO2 is 1. The Bertz CT molecular complexity index is 312. The van der Waals surface area contributed by atoms with E-state index in [0.29, 0.717) is 5.43 Å². The average molecular weight is 281 g/mol. The third-order valence-corrected chi connectivity index (χ3v) is 1.41. The Morgan fingerprint density at radius 1 is 1.35 bits per heavy atom. The Morgan fingerprint density at radius 3 is 2.24 bits per heavy atom. The van der Waals surface area contributed by atoms with Gasteiger partial charge in [0.05, 0.1) is 11.8 Å². The average Bonchev–Trinajstić information content (AvgIpc) is 2.23. The van der Waals surface area contributed by atoms with Crippen molar-refractivity contribution in [3.63, 3.8) is 0 Å². The molecule has 0 aliphatic heterocycles. The highest BCUT2D eigenvalue weighted by Gasteiger charge is 2.41. The van der Waals surface area contributed by atoms with Crippen molar-refractivity contribution >= 4 is 23.5 Å². The van der Waals surface area contributed by atoms with Gasteiger partial charge in [-0.2, -0.15) is 18.2 Å². The summed E-state index contributed by atoms with van der Waals surface area (Å²) in [6.45, 7) is -0.536. The molecule has 0 radical (unpaired) electrons. The number of carbonyl (C=O) groups excluding carboxylic acids is 2. The molecular weight excluding hydrogens is 276 g/mol. The van der Waals surface area contributed by atoms with Gasteiger partial charge in [0, 0.05) is 5.88 Å². The van der Waals surface area contributed by atoms with Crippen molar-refractivity contribution in [1.82, 2.24) is 15.7 Å². The van der Waals surface area contributed by atoms with Crippen molar-refractivity contribution in [3.05, 3.63) is 4.91 Å². The maximum Gasteiger partial charge on any atom is 0.473 e. The zero-order valence-electron chi connectivity index (χ0n) is 7.87. The second kappa shape index (κ2) is 6.18. The van der Waals surface area contributed by atoms with Crippen LogP contribution in [0.1, 0.15) is 0 Å². The third kappa shape index (κ3) is 4.80. The van der Waals surface area contributed by atoms with Crippen LogP contribution >= 0.6 is 11.6 Å². The van der Waals surface area contributed by atoms with Crippen LogP contribution in [-0.4, -0.2) is 40.8 Å². The summed E-state index contributed by atoms with van der Waals surface area (Å²) in [5.41, 5.74) is 0.562. The molecule has 0 aliphatic carbocycles. The number of hydrogen-bond acceptors (Lipinski definition) is 4. The summed E-state index contributed by atoms with van der Waals surface area (Å²) in [4.78, 5) is 31.1. The van der Waals surface area contributed by atoms with Crippen LogP contribution in [0.15, 0.2) is 5.29 Å². The number of carbonyl (C=O) groups is 2. The fourth-order valence-electron chi connectivity index (χ4n) is 0.553. The Kier molecular flexibility index (Phi) is 5.58. The SMILES string of the molecule is O=NN(CCCl)C(=O)N(F)NC(=O)C(F)(F)F. The molecule has 98 valence electrons. The lowest BCUT2D eigenvalue weighted by Gasteiger charge is -2.18. The molecule has 0 aromatic carbocycles. The Hall–Kier alpha value is -1.65. The quantitative estimate of drug-likeness (QED) is 0.276. The molecule has 0 unspecified atom stereocenters. The van der Waals surface area contributed by atoms with E-state index in [0.717, 1.165) is 0 Å². The molecule has 17 heavy (non-hydrogen) atoms. The van der Waals surface area contributed by atoms with E-state index in [2.05, 4.69) is 0 Å². The lowest BCUT2D eigenvalue weighted by molar-refractivity contribution is -0.183. The van der Waals surface area contributed by atoms with E-state index in [9.17, 15) is 32.1 Å². The largest absolute Gasteiger partial charge is 0.473 e. The van der Waals surface area contributed by atoms with Crippen molar-refractivity contribution in [3.8, 4) is 0 Å². The van der Waals surface area contributed by atoms with E-state index in [1.54, 1.807) is 0 Å². The topological polar surface area (TPSA) is 82.1 Å². The molecule has 0 heterocycles. The molecule has 0 spiro atoms. The lowest BCUT2D eigenvalue weighted by atomic mass is 10.6. The number of rotatable bonds is 3. The maximum absolute atomic E-state index is 12.7. The van der Waals surface area contributed by atoms with Gasteiger partial charge in [-0.15, -0.1) is 16.5 Å². The molecule has 0 aromatic rings. The van der Waals surface area contributed by atoms with Gasteiger partial charge < -0.3 is 0 Å². The highest BCUT2D eigenvalue weighted by molar-refractivity contribution is 6.18. The minimum Gasteiger partial charge on any atom is -0.263 e. The summed E-state index contributed by atoms with van der Waals surface area (Å²) in [5.74, 6) is -3.02.